The highest BCUT2D eigenvalue weighted by Crippen LogP contribution is 2.25. The number of carbonyl (C=O) groups is 2. The fourth-order valence-corrected chi connectivity index (χ4v) is 2.96. The summed E-state index contributed by atoms with van der Waals surface area (Å²) in [6.45, 7) is 4.95. The summed E-state index contributed by atoms with van der Waals surface area (Å²) in [7, 11) is -1.46. The Morgan fingerprint density at radius 1 is 1.14 bits per heavy atom. The highest BCUT2D eigenvalue weighted by Gasteiger charge is 2.38. The number of alkyl halides is 3. The van der Waals surface area contributed by atoms with E-state index in [4.69, 9.17) is 9.90 Å². The number of hydrogen-bond donors (Lipinski definition) is 3. The number of hydrogen-bond acceptors (Lipinski definition) is 6. The van der Waals surface area contributed by atoms with Crippen LogP contribution < -0.4 is 9.62 Å². The van der Waals surface area contributed by atoms with E-state index in [1.54, 1.807) is 6.07 Å². The smallest absolute Gasteiger partial charge is 0.478 e. The fraction of sp³-hybridized carbons (Fsp3) is 0.500. The van der Waals surface area contributed by atoms with E-state index in [2.05, 4.69) is 14.5 Å². The second-order valence-electron chi connectivity index (χ2n) is 6.13. The number of anilines is 2. The fourth-order valence-electron chi connectivity index (χ4n) is 2.30. The molecule has 1 heterocycles. The van der Waals surface area contributed by atoms with Gasteiger partial charge in [-0.15, -0.1) is 0 Å². The maximum atomic E-state index is 11.6. The van der Waals surface area contributed by atoms with Crippen LogP contribution in [0.5, 0.6) is 0 Å². The zero-order valence-corrected chi connectivity index (χ0v) is 16.5. The van der Waals surface area contributed by atoms with Gasteiger partial charge in [-0.3, -0.25) is 4.72 Å². The largest absolute Gasteiger partial charge is 0.490 e. The third-order valence-corrected chi connectivity index (χ3v) is 5.28. The van der Waals surface area contributed by atoms with Crippen LogP contribution in [0.3, 0.4) is 0 Å². The van der Waals surface area contributed by atoms with Gasteiger partial charge in [-0.1, -0.05) is 0 Å². The van der Waals surface area contributed by atoms with Crippen LogP contribution in [0.4, 0.5) is 24.5 Å². The molecule has 1 aliphatic rings. The number of rotatable bonds is 5. The first kappa shape index (κ1) is 24.5. The predicted octanol–water partition coefficient (Wildman–Crippen LogP) is 1.53. The lowest BCUT2D eigenvalue weighted by Gasteiger charge is -2.34. The lowest BCUT2D eigenvalue weighted by Crippen LogP contribution is -2.44. The van der Waals surface area contributed by atoms with Gasteiger partial charge in [-0.05, 0) is 32.2 Å². The van der Waals surface area contributed by atoms with Crippen molar-refractivity contribution < 1.29 is 41.4 Å². The number of nitrogens with zero attached hydrogens (tertiary/aromatic N) is 2. The zero-order valence-electron chi connectivity index (χ0n) is 15.7. The summed E-state index contributed by atoms with van der Waals surface area (Å²) >= 11 is 0. The van der Waals surface area contributed by atoms with E-state index in [1.165, 1.54) is 19.1 Å². The third-order valence-electron chi connectivity index (χ3n) is 3.99. The molecule has 3 N–H and O–H groups in total. The van der Waals surface area contributed by atoms with Crippen LogP contribution in [-0.4, -0.2) is 80.6 Å². The highest BCUT2D eigenvalue weighted by atomic mass is 32.2. The van der Waals surface area contributed by atoms with Crippen molar-refractivity contribution in [3.63, 3.8) is 0 Å². The third kappa shape index (κ3) is 7.77. The average Bonchev–Trinajstić information content (AvgIpc) is 2.62. The van der Waals surface area contributed by atoms with Crippen LogP contribution >= 0.6 is 0 Å². The van der Waals surface area contributed by atoms with Crippen molar-refractivity contribution >= 4 is 33.3 Å². The molecule has 0 bridgehead atoms. The molecule has 1 aliphatic heterocycles. The summed E-state index contributed by atoms with van der Waals surface area (Å²) in [5.74, 6) is -4.01. The van der Waals surface area contributed by atoms with E-state index in [0.29, 0.717) is 0 Å². The van der Waals surface area contributed by atoms with Crippen molar-refractivity contribution in [3.05, 3.63) is 23.8 Å². The topological polar surface area (TPSA) is 127 Å². The number of aliphatic carboxylic acids is 1. The molecule has 1 fully saturated rings. The van der Waals surface area contributed by atoms with Crippen molar-refractivity contribution in [2.24, 2.45) is 0 Å². The minimum absolute atomic E-state index is 0.0338. The maximum absolute atomic E-state index is 11.6. The molecule has 0 saturated carbocycles. The molecule has 29 heavy (non-hydrogen) atoms. The van der Waals surface area contributed by atoms with Crippen LogP contribution in [0.15, 0.2) is 18.2 Å². The van der Waals surface area contributed by atoms with Gasteiger partial charge in [0.25, 0.3) is 0 Å². The molecule has 0 radical (unpaired) electrons. The first-order valence-electron chi connectivity index (χ1n) is 8.38. The SMILES string of the molecule is CCS(=O)(=O)Nc1ccc(N2CCN(C)CC2)cc1C(=O)O.O=C(O)C(F)(F)F. The molecule has 9 nitrogen and oxygen atoms in total. The molecular weight excluding hydrogens is 419 g/mol. The molecule has 0 unspecified atom stereocenters. The number of halogens is 3. The van der Waals surface area contributed by atoms with E-state index in [1.807, 2.05) is 7.05 Å². The number of benzene rings is 1. The summed E-state index contributed by atoms with van der Waals surface area (Å²) < 4.78 is 57.3. The molecule has 1 aromatic carbocycles. The Balaban J connectivity index is 0.000000516. The number of sulfonamides is 1. The van der Waals surface area contributed by atoms with Crippen LogP contribution in [0.25, 0.3) is 0 Å². The van der Waals surface area contributed by atoms with Gasteiger partial charge >= 0.3 is 18.1 Å². The van der Waals surface area contributed by atoms with Gasteiger partial charge in [0.1, 0.15) is 0 Å². The highest BCUT2D eigenvalue weighted by molar-refractivity contribution is 7.92. The van der Waals surface area contributed by atoms with Crippen LogP contribution in [0.1, 0.15) is 17.3 Å². The molecule has 13 heteroatoms. The van der Waals surface area contributed by atoms with Gasteiger partial charge in [-0.25, -0.2) is 18.0 Å². The number of aromatic carboxylic acids is 1. The van der Waals surface area contributed by atoms with Gasteiger partial charge in [0.05, 0.1) is 17.0 Å². The number of piperazine rings is 1. The Labute approximate surface area is 165 Å². The van der Waals surface area contributed by atoms with E-state index >= 15 is 0 Å². The number of carboxylic acids is 2. The van der Waals surface area contributed by atoms with E-state index in [0.717, 1.165) is 31.9 Å². The molecule has 1 aromatic rings. The second-order valence-corrected chi connectivity index (χ2v) is 8.14. The van der Waals surface area contributed by atoms with Gasteiger partial charge < -0.3 is 20.0 Å². The standard InChI is InChI=1S/C14H21N3O4S.C2HF3O2/c1-3-22(20,21)15-13-5-4-11(10-12(13)14(18)19)17-8-6-16(2)7-9-17;3-2(4,5)1(6)7/h4-5,10,15H,3,6-9H2,1-2H3,(H,18,19);(H,6,7). The Hall–Kier alpha value is -2.54. The minimum atomic E-state index is -5.08. The number of likely N-dealkylation sites (N-methyl/N-ethyl adjacent to an activating group) is 1. The Bertz CT molecular complexity index is 837. The number of carboxylic acid groups (broad SMARTS) is 2. The first-order chi connectivity index (χ1) is 13.3. The summed E-state index contributed by atoms with van der Waals surface area (Å²) in [5.41, 5.74) is 0.866. The quantitative estimate of drug-likeness (QED) is 0.628. The summed E-state index contributed by atoms with van der Waals surface area (Å²) in [4.78, 5) is 24.6. The summed E-state index contributed by atoms with van der Waals surface area (Å²) in [6, 6.07) is 4.80. The van der Waals surface area contributed by atoms with E-state index in [9.17, 15) is 31.5 Å². The molecule has 0 amide bonds. The Morgan fingerprint density at radius 3 is 2.07 bits per heavy atom. The van der Waals surface area contributed by atoms with Crippen LogP contribution in [-0.2, 0) is 14.8 Å². The predicted molar refractivity (Wildman–Crippen MR) is 99.9 cm³/mol. The Kier molecular flexibility index (Phi) is 8.26. The van der Waals surface area contributed by atoms with Crippen LogP contribution in [0, 0.1) is 0 Å². The van der Waals surface area contributed by atoms with Gasteiger partial charge in [0.2, 0.25) is 10.0 Å². The Morgan fingerprint density at radius 2 is 1.66 bits per heavy atom. The van der Waals surface area contributed by atoms with E-state index < -0.39 is 28.1 Å². The molecule has 0 atom stereocenters. The molecule has 0 spiro atoms. The van der Waals surface area contributed by atoms with Crippen molar-refractivity contribution in [1.82, 2.24) is 4.90 Å². The van der Waals surface area contributed by atoms with Crippen molar-refractivity contribution in [3.8, 4) is 0 Å². The summed E-state index contributed by atoms with van der Waals surface area (Å²) in [5, 5.41) is 16.5. The minimum Gasteiger partial charge on any atom is -0.478 e. The second kappa shape index (κ2) is 9.78. The molecule has 0 aliphatic carbocycles. The normalized spacial score (nSPS) is 15.3. The lowest BCUT2D eigenvalue weighted by atomic mass is 10.1. The molecule has 0 aromatic heterocycles. The number of nitrogens with one attached hydrogen (secondary N) is 1. The van der Waals surface area contributed by atoms with Crippen molar-refractivity contribution in [2.75, 3.05) is 48.6 Å². The van der Waals surface area contributed by atoms with E-state index in [-0.39, 0.29) is 17.0 Å². The van der Waals surface area contributed by atoms with Gasteiger partial charge in [-0.2, -0.15) is 13.2 Å². The van der Waals surface area contributed by atoms with Gasteiger partial charge in [0, 0.05) is 31.9 Å². The monoisotopic (exact) mass is 441 g/mol. The van der Waals surface area contributed by atoms with Crippen LogP contribution in [0.2, 0.25) is 0 Å². The average molecular weight is 441 g/mol. The summed E-state index contributed by atoms with van der Waals surface area (Å²) in [6.07, 6.45) is -5.08. The van der Waals surface area contributed by atoms with Crippen molar-refractivity contribution in [2.45, 2.75) is 13.1 Å². The zero-order chi connectivity index (χ0) is 22.4. The molecule has 1 saturated heterocycles. The first-order valence-corrected chi connectivity index (χ1v) is 10.0. The maximum Gasteiger partial charge on any atom is 0.490 e. The lowest BCUT2D eigenvalue weighted by molar-refractivity contribution is -0.192. The molecule has 164 valence electrons. The molecule has 2 rings (SSSR count). The van der Waals surface area contributed by atoms with Gasteiger partial charge in [0.15, 0.2) is 0 Å². The molecular formula is C16H22F3N3O6S. The van der Waals surface area contributed by atoms with Crippen molar-refractivity contribution in [1.29, 1.82) is 0 Å².